The van der Waals surface area contributed by atoms with Crippen LogP contribution in [-0.2, 0) is 50.1 Å². The van der Waals surface area contributed by atoms with Gasteiger partial charge in [-0.1, -0.05) is 60.7 Å². The molecule has 14 heteroatoms. The smallest absolute Gasteiger partial charge is 0.458 e. The third kappa shape index (κ3) is 9.59. The first-order valence-corrected chi connectivity index (χ1v) is 20.8. The van der Waals surface area contributed by atoms with Crippen molar-refractivity contribution in [3.8, 4) is 5.75 Å². The second-order valence-electron chi connectivity index (χ2n) is 16.9. The first kappa shape index (κ1) is 42.2. The van der Waals surface area contributed by atoms with Crippen molar-refractivity contribution in [3.63, 3.8) is 0 Å². The summed E-state index contributed by atoms with van der Waals surface area (Å²) in [5, 5.41) is 3.54. The molecule has 3 aromatic carbocycles. The standard InChI is InChI=1S/C46H53N3O11/c1-45(2,3)59-43(53)47-23-22-31-29-48-39-19-18-36(28-38(31)39)57-41(51)21-20-40(50)55-30-56-44(54)60-46(32-12-6-4-7-13-32,33-14-8-5-9-15-33)42(52)58-37-26-34-16-17-35(27-37)49(34)24-10-11-25-49/h4-9,12-15,18-19,28-29,34-35,37,48H,10-11,16-17,20-27,30H2,1-3H3/p+1. The van der Waals surface area contributed by atoms with Gasteiger partial charge in [-0.15, -0.1) is 0 Å². The lowest BCUT2D eigenvalue weighted by molar-refractivity contribution is -0.956. The number of amides is 1. The number of nitrogens with one attached hydrogen (secondary N) is 2. The summed E-state index contributed by atoms with van der Waals surface area (Å²) in [5.41, 5.74) is -0.152. The molecule has 3 aliphatic heterocycles. The second kappa shape index (κ2) is 18.2. The third-order valence-electron chi connectivity index (χ3n) is 11.9. The lowest BCUT2D eigenvalue weighted by Gasteiger charge is -2.47. The summed E-state index contributed by atoms with van der Waals surface area (Å²) in [6.45, 7) is 7.26. The van der Waals surface area contributed by atoms with E-state index < -0.39 is 48.2 Å². The number of quaternary nitrogens is 1. The molecular formula is C46H54N3O11+. The van der Waals surface area contributed by atoms with Gasteiger partial charge in [0.05, 0.1) is 38.0 Å². The predicted molar refractivity (Wildman–Crippen MR) is 218 cm³/mol. The normalized spacial score (nSPS) is 19.4. The number of piperidine rings is 1. The van der Waals surface area contributed by atoms with Crippen molar-refractivity contribution in [1.29, 1.82) is 0 Å². The number of fused-ring (bicyclic) bond motifs is 1. The molecule has 1 spiro atoms. The molecule has 60 heavy (non-hydrogen) atoms. The Labute approximate surface area is 349 Å². The van der Waals surface area contributed by atoms with Gasteiger partial charge >= 0.3 is 30.2 Å². The second-order valence-corrected chi connectivity index (χ2v) is 16.9. The number of rotatable bonds is 14. The van der Waals surface area contributed by atoms with Crippen LogP contribution in [-0.4, -0.2) is 89.8 Å². The number of benzene rings is 3. The molecule has 318 valence electrons. The highest BCUT2D eigenvalue weighted by atomic mass is 16.8. The molecule has 14 nitrogen and oxygen atoms in total. The van der Waals surface area contributed by atoms with Crippen LogP contribution >= 0.6 is 0 Å². The fourth-order valence-corrected chi connectivity index (χ4v) is 9.25. The number of carbonyl (C=O) groups excluding carboxylic acids is 5. The van der Waals surface area contributed by atoms with E-state index in [1.807, 2.05) is 6.20 Å². The van der Waals surface area contributed by atoms with Gasteiger partial charge in [0, 0.05) is 73.3 Å². The van der Waals surface area contributed by atoms with Gasteiger partial charge in [0.25, 0.3) is 5.60 Å². The van der Waals surface area contributed by atoms with Crippen LogP contribution < -0.4 is 10.1 Å². The first-order chi connectivity index (χ1) is 28.8. The molecule has 4 heterocycles. The number of hydrogen-bond donors (Lipinski definition) is 2. The van der Waals surface area contributed by atoms with Crippen LogP contribution in [0.4, 0.5) is 9.59 Å². The molecular weight excluding hydrogens is 771 g/mol. The minimum atomic E-state index is -2.01. The topological polar surface area (TPSA) is 169 Å². The number of ether oxygens (including phenoxy) is 6. The molecule has 2 N–H and O–H groups in total. The maximum absolute atomic E-state index is 14.5. The summed E-state index contributed by atoms with van der Waals surface area (Å²) in [4.78, 5) is 68.5. The van der Waals surface area contributed by atoms with Gasteiger partial charge in [-0.05, 0) is 51.0 Å². The molecule has 2 bridgehead atoms. The Hall–Kier alpha value is -5.89. The van der Waals surface area contributed by atoms with Gasteiger partial charge in [0.2, 0.25) is 6.79 Å². The minimum Gasteiger partial charge on any atom is -0.458 e. The highest BCUT2D eigenvalue weighted by Crippen LogP contribution is 2.47. The van der Waals surface area contributed by atoms with E-state index in [1.54, 1.807) is 99.6 Å². The van der Waals surface area contributed by atoms with Gasteiger partial charge in [-0.25, -0.2) is 14.4 Å². The summed E-state index contributed by atoms with van der Waals surface area (Å²) in [7, 11) is 0. The number of alkyl carbamates (subject to hydrolysis) is 1. The van der Waals surface area contributed by atoms with E-state index in [4.69, 9.17) is 28.4 Å². The van der Waals surface area contributed by atoms with Crippen LogP contribution in [0.5, 0.6) is 5.75 Å². The molecule has 3 fully saturated rings. The van der Waals surface area contributed by atoms with E-state index in [-0.39, 0.29) is 24.7 Å². The summed E-state index contributed by atoms with van der Waals surface area (Å²) in [6, 6.07) is 23.3. The minimum absolute atomic E-state index is 0.277. The number of carbonyl (C=O) groups is 5. The maximum Gasteiger partial charge on any atom is 0.513 e. The van der Waals surface area contributed by atoms with E-state index in [0.717, 1.165) is 46.6 Å². The van der Waals surface area contributed by atoms with Crippen molar-refractivity contribution < 1.29 is 56.9 Å². The zero-order chi connectivity index (χ0) is 42.3. The molecule has 2 unspecified atom stereocenters. The zero-order valence-electron chi connectivity index (χ0n) is 34.4. The van der Waals surface area contributed by atoms with Crippen molar-refractivity contribution in [2.75, 3.05) is 26.4 Å². The number of aromatic amines is 1. The quantitative estimate of drug-likeness (QED) is 0.0428. The molecule has 0 aliphatic carbocycles. The van der Waals surface area contributed by atoms with E-state index in [0.29, 0.717) is 36.2 Å². The molecule has 0 saturated carbocycles. The average molecular weight is 825 g/mol. The van der Waals surface area contributed by atoms with E-state index >= 15 is 0 Å². The predicted octanol–water partition coefficient (Wildman–Crippen LogP) is 7.37. The van der Waals surface area contributed by atoms with E-state index in [2.05, 4.69) is 10.3 Å². The summed E-state index contributed by atoms with van der Waals surface area (Å²) in [6.07, 6.45) is 5.80. The summed E-state index contributed by atoms with van der Waals surface area (Å²) in [5.74, 6) is -1.94. The van der Waals surface area contributed by atoms with Crippen LogP contribution in [0.25, 0.3) is 10.9 Å². The van der Waals surface area contributed by atoms with Gasteiger partial charge in [0.1, 0.15) is 17.5 Å². The monoisotopic (exact) mass is 824 g/mol. The Balaban J connectivity index is 0.925. The Morgan fingerprint density at radius 2 is 1.42 bits per heavy atom. The number of esters is 3. The number of aromatic nitrogens is 1. The average Bonchev–Trinajstić information content (AvgIpc) is 3.91. The number of H-pyrrole nitrogens is 1. The number of nitrogens with zero attached hydrogens (tertiary/aromatic N) is 1. The van der Waals surface area contributed by atoms with Gasteiger partial charge < -0.3 is 43.2 Å². The Morgan fingerprint density at radius 3 is 2.05 bits per heavy atom. The van der Waals surface area contributed by atoms with E-state index in [1.165, 1.54) is 25.9 Å². The SMILES string of the molecule is CC(C)(C)OC(=O)NCCc1c[nH]c2ccc(OC(=O)CCC(=O)OCOC(=O)OC(C(=O)OC3CC4CCC(C3)[N+]43CCCC3)(c3ccccc3)c3ccccc3)cc12. The largest absolute Gasteiger partial charge is 0.513 e. The molecule has 3 saturated heterocycles. The van der Waals surface area contributed by atoms with Crippen molar-refractivity contribution >= 4 is 41.1 Å². The van der Waals surface area contributed by atoms with Gasteiger partial charge in [-0.2, -0.15) is 0 Å². The molecule has 2 atom stereocenters. The fourth-order valence-electron chi connectivity index (χ4n) is 9.25. The zero-order valence-corrected chi connectivity index (χ0v) is 34.4. The lowest BCUT2D eigenvalue weighted by Crippen LogP contribution is -2.60. The van der Waals surface area contributed by atoms with Crippen molar-refractivity contribution in [2.45, 2.75) is 108 Å². The van der Waals surface area contributed by atoms with Crippen LogP contribution in [0.15, 0.2) is 85.1 Å². The van der Waals surface area contributed by atoms with Crippen LogP contribution in [0.3, 0.4) is 0 Å². The molecule has 3 aliphatic rings. The first-order valence-electron chi connectivity index (χ1n) is 20.8. The van der Waals surface area contributed by atoms with Crippen molar-refractivity contribution in [3.05, 3.63) is 102 Å². The van der Waals surface area contributed by atoms with Crippen LogP contribution in [0.1, 0.15) is 88.8 Å². The van der Waals surface area contributed by atoms with Gasteiger partial charge in [0.15, 0.2) is 0 Å². The van der Waals surface area contributed by atoms with Crippen molar-refractivity contribution in [1.82, 2.24) is 10.3 Å². The third-order valence-corrected chi connectivity index (χ3v) is 11.9. The maximum atomic E-state index is 14.5. The Kier molecular flexibility index (Phi) is 12.8. The number of hydrogen-bond acceptors (Lipinski definition) is 11. The fraction of sp³-hybridized carbons (Fsp3) is 0.457. The lowest BCUT2D eigenvalue weighted by atomic mass is 9.85. The highest BCUT2D eigenvalue weighted by molar-refractivity contribution is 5.88. The Morgan fingerprint density at radius 1 is 0.783 bits per heavy atom. The summed E-state index contributed by atoms with van der Waals surface area (Å²) >= 11 is 0. The summed E-state index contributed by atoms with van der Waals surface area (Å²) < 4.78 is 34.5. The Bertz CT molecular complexity index is 2100. The highest BCUT2D eigenvalue weighted by Gasteiger charge is 2.57. The van der Waals surface area contributed by atoms with Crippen LogP contribution in [0.2, 0.25) is 0 Å². The van der Waals surface area contributed by atoms with Crippen LogP contribution in [0, 0.1) is 0 Å². The molecule has 1 aromatic heterocycles. The molecule has 1 amide bonds. The molecule has 4 aromatic rings. The molecule has 7 rings (SSSR count). The van der Waals surface area contributed by atoms with Gasteiger partial charge in [-0.3, -0.25) is 9.59 Å². The van der Waals surface area contributed by atoms with E-state index in [9.17, 15) is 24.0 Å². The van der Waals surface area contributed by atoms with Crippen molar-refractivity contribution in [2.24, 2.45) is 0 Å². The molecule has 0 radical (unpaired) electrons.